The van der Waals surface area contributed by atoms with E-state index < -0.39 is 0 Å². The van der Waals surface area contributed by atoms with Gasteiger partial charge in [-0.25, -0.2) is 0 Å². The number of aliphatic hydroxyl groups excluding tert-OH is 1. The van der Waals surface area contributed by atoms with Crippen LogP contribution in [0.2, 0.25) is 0 Å². The summed E-state index contributed by atoms with van der Waals surface area (Å²) in [4.78, 5) is 17.9. The van der Waals surface area contributed by atoms with E-state index in [2.05, 4.69) is 4.98 Å². The molecule has 17 heavy (non-hydrogen) atoms. The van der Waals surface area contributed by atoms with Gasteiger partial charge in [-0.15, -0.1) is 0 Å². The van der Waals surface area contributed by atoms with Gasteiger partial charge in [0.2, 0.25) is 0 Å². The summed E-state index contributed by atoms with van der Waals surface area (Å²) in [6.45, 7) is 1.83. The van der Waals surface area contributed by atoms with Gasteiger partial charge in [0.15, 0.2) is 0 Å². The van der Waals surface area contributed by atoms with Crippen LogP contribution < -0.4 is 0 Å². The van der Waals surface area contributed by atoms with Crippen LogP contribution in [0.4, 0.5) is 0 Å². The Kier molecular flexibility index (Phi) is 4.09. The number of aromatic nitrogens is 1. The standard InChI is InChI=1S/C13H18N2O2/c16-9-5-11-3-7-15(8-4-11)13(17)12-2-1-6-14-10-12/h1-2,6,10-11,16H,3-5,7-9H2. The zero-order valence-corrected chi connectivity index (χ0v) is 9.88. The van der Waals surface area contributed by atoms with Gasteiger partial charge in [-0.3, -0.25) is 9.78 Å². The number of rotatable bonds is 3. The quantitative estimate of drug-likeness (QED) is 0.858. The molecule has 0 atom stereocenters. The third-order valence-corrected chi connectivity index (χ3v) is 3.35. The molecule has 1 amide bonds. The van der Waals surface area contributed by atoms with Gasteiger partial charge in [0.05, 0.1) is 5.56 Å². The van der Waals surface area contributed by atoms with E-state index in [4.69, 9.17) is 5.11 Å². The first-order chi connectivity index (χ1) is 8.31. The molecule has 1 fully saturated rings. The van der Waals surface area contributed by atoms with Crippen LogP contribution in [0.5, 0.6) is 0 Å². The molecule has 1 aromatic rings. The number of pyridine rings is 1. The van der Waals surface area contributed by atoms with Crippen molar-refractivity contribution in [1.29, 1.82) is 0 Å². The van der Waals surface area contributed by atoms with Crippen molar-refractivity contribution in [2.24, 2.45) is 5.92 Å². The van der Waals surface area contributed by atoms with Crippen molar-refractivity contribution in [3.05, 3.63) is 30.1 Å². The zero-order chi connectivity index (χ0) is 12.1. The summed E-state index contributed by atoms with van der Waals surface area (Å²) in [6.07, 6.45) is 6.13. The molecular formula is C13H18N2O2. The van der Waals surface area contributed by atoms with Gasteiger partial charge in [-0.1, -0.05) is 0 Å². The second-order valence-corrected chi connectivity index (χ2v) is 4.49. The van der Waals surface area contributed by atoms with Crippen LogP contribution in [0.3, 0.4) is 0 Å². The predicted molar refractivity (Wildman–Crippen MR) is 64.6 cm³/mol. The van der Waals surface area contributed by atoms with Crippen molar-refractivity contribution in [2.75, 3.05) is 19.7 Å². The molecule has 0 aromatic carbocycles. The maximum atomic E-state index is 12.1. The smallest absolute Gasteiger partial charge is 0.255 e. The number of hydrogen-bond donors (Lipinski definition) is 1. The highest BCUT2D eigenvalue weighted by Crippen LogP contribution is 2.21. The Morgan fingerprint density at radius 2 is 2.24 bits per heavy atom. The number of carbonyl (C=O) groups is 1. The van der Waals surface area contributed by atoms with E-state index >= 15 is 0 Å². The molecule has 1 saturated heterocycles. The zero-order valence-electron chi connectivity index (χ0n) is 9.88. The van der Waals surface area contributed by atoms with Crippen LogP contribution in [0.15, 0.2) is 24.5 Å². The number of piperidine rings is 1. The Balaban J connectivity index is 1.91. The number of amides is 1. The van der Waals surface area contributed by atoms with Gasteiger partial charge < -0.3 is 10.0 Å². The first-order valence-electron chi connectivity index (χ1n) is 6.11. The molecule has 2 heterocycles. The summed E-state index contributed by atoms with van der Waals surface area (Å²) in [6, 6.07) is 3.58. The average molecular weight is 234 g/mol. The molecule has 1 aliphatic heterocycles. The molecule has 0 bridgehead atoms. The number of nitrogens with zero attached hydrogens (tertiary/aromatic N) is 2. The highest BCUT2D eigenvalue weighted by Gasteiger charge is 2.23. The van der Waals surface area contributed by atoms with E-state index in [1.165, 1.54) is 0 Å². The molecule has 1 aromatic heterocycles. The fraction of sp³-hybridized carbons (Fsp3) is 0.538. The van der Waals surface area contributed by atoms with Crippen molar-refractivity contribution in [3.63, 3.8) is 0 Å². The van der Waals surface area contributed by atoms with Gasteiger partial charge in [0, 0.05) is 32.1 Å². The summed E-state index contributed by atoms with van der Waals surface area (Å²) >= 11 is 0. The fourth-order valence-electron chi connectivity index (χ4n) is 2.28. The predicted octanol–water partition coefficient (Wildman–Crippen LogP) is 1.32. The Hall–Kier alpha value is -1.42. The maximum absolute atomic E-state index is 12.1. The Morgan fingerprint density at radius 1 is 1.47 bits per heavy atom. The topological polar surface area (TPSA) is 53.4 Å². The number of carbonyl (C=O) groups excluding carboxylic acids is 1. The van der Waals surface area contributed by atoms with Crippen LogP contribution in [0, 0.1) is 5.92 Å². The second-order valence-electron chi connectivity index (χ2n) is 4.49. The largest absolute Gasteiger partial charge is 0.396 e. The molecule has 0 unspecified atom stereocenters. The minimum Gasteiger partial charge on any atom is -0.396 e. The van der Waals surface area contributed by atoms with Gasteiger partial charge in [0.1, 0.15) is 0 Å². The molecule has 92 valence electrons. The first kappa shape index (κ1) is 12.0. The van der Waals surface area contributed by atoms with Crippen LogP contribution in [-0.4, -0.2) is 40.6 Å². The van der Waals surface area contributed by atoms with Crippen molar-refractivity contribution >= 4 is 5.91 Å². The average Bonchev–Trinajstić information content (AvgIpc) is 2.40. The maximum Gasteiger partial charge on any atom is 0.255 e. The molecule has 4 heteroatoms. The highest BCUT2D eigenvalue weighted by atomic mass is 16.3. The normalized spacial score (nSPS) is 17.1. The monoisotopic (exact) mass is 234 g/mol. The molecule has 0 radical (unpaired) electrons. The van der Waals surface area contributed by atoms with E-state index in [1.54, 1.807) is 24.5 Å². The molecule has 0 aliphatic carbocycles. The van der Waals surface area contributed by atoms with Crippen LogP contribution in [-0.2, 0) is 0 Å². The summed E-state index contributed by atoms with van der Waals surface area (Å²) in [5, 5.41) is 8.88. The summed E-state index contributed by atoms with van der Waals surface area (Å²) < 4.78 is 0. The first-order valence-corrected chi connectivity index (χ1v) is 6.11. The number of aliphatic hydroxyl groups is 1. The van der Waals surface area contributed by atoms with Gasteiger partial charge in [0.25, 0.3) is 5.91 Å². The molecule has 1 N–H and O–H groups in total. The van der Waals surface area contributed by atoms with Gasteiger partial charge >= 0.3 is 0 Å². The molecule has 0 spiro atoms. The van der Waals surface area contributed by atoms with Crippen LogP contribution in [0.25, 0.3) is 0 Å². The lowest BCUT2D eigenvalue weighted by Gasteiger charge is -2.31. The van der Waals surface area contributed by atoms with Crippen molar-refractivity contribution in [1.82, 2.24) is 9.88 Å². The lowest BCUT2D eigenvalue weighted by atomic mass is 9.93. The Morgan fingerprint density at radius 3 is 2.82 bits per heavy atom. The highest BCUT2D eigenvalue weighted by molar-refractivity contribution is 5.93. The Labute approximate surface area is 101 Å². The van der Waals surface area contributed by atoms with Crippen molar-refractivity contribution in [2.45, 2.75) is 19.3 Å². The van der Waals surface area contributed by atoms with Crippen molar-refractivity contribution in [3.8, 4) is 0 Å². The number of hydrogen-bond acceptors (Lipinski definition) is 3. The minimum atomic E-state index is 0.0700. The fourth-order valence-corrected chi connectivity index (χ4v) is 2.28. The minimum absolute atomic E-state index is 0.0700. The third-order valence-electron chi connectivity index (χ3n) is 3.35. The molecule has 2 rings (SSSR count). The lowest BCUT2D eigenvalue weighted by Crippen LogP contribution is -2.38. The molecular weight excluding hydrogens is 216 g/mol. The molecule has 1 aliphatic rings. The summed E-state index contributed by atoms with van der Waals surface area (Å²) in [5.41, 5.74) is 0.660. The van der Waals surface area contributed by atoms with Crippen LogP contribution >= 0.6 is 0 Å². The SMILES string of the molecule is O=C(c1cccnc1)N1CCC(CCO)CC1. The Bertz CT molecular complexity index is 359. The van der Waals surface area contributed by atoms with E-state index in [9.17, 15) is 4.79 Å². The van der Waals surface area contributed by atoms with Gasteiger partial charge in [-0.2, -0.15) is 0 Å². The summed E-state index contributed by atoms with van der Waals surface area (Å²) in [7, 11) is 0. The number of likely N-dealkylation sites (tertiary alicyclic amines) is 1. The summed E-state index contributed by atoms with van der Waals surface area (Å²) in [5.74, 6) is 0.637. The van der Waals surface area contributed by atoms with E-state index in [-0.39, 0.29) is 12.5 Å². The molecule has 0 saturated carbocycles. The molecule has 4 nitrogen and oxygen atoms in total. The third kappa shape index (κ3) is 3.03. The van der Waals surface area contributed by atoms with Crippen LogP contribution in [0.1, 0.15) is 29.6 Å². The van der Waals surface area contributed by atoms with E-state index in [0.29, 0.717) is 11.5 Å². The van der Waals surface area contributed by atoms with E-state index in [1.807, 2.05) is 4.90 Å². The van der Waals surface area contributed by atoms with Gasteiger partial charge in [-0.05, 0) is 37.3 Å². The van der Waals surface area contributed by atoms with E-state index in [0.717, 1.165) is 32.4 Å². The van der Waals surface area contributed by atoms with Crippen molar-refractivity contribution < 1.29 is 9.90 Å². The lowest BCUT2D eigenvalue weighted by molar-refractivity contribution is 0.0677. The second kappa shape index (κ2) is 5.77.